The summed E-state index contributed by atoms with van der Waals surface area (Å²) in [7, 11) is 0. The molecule has 0 saturated heterocycles. The molecule has 1 aromatic rings. The molecule has 0 aromatic carbocycles. The number of hydrogen-bond donors (Lipinski definition) is 0. The summed E-state index contributed by atoms with van der Waals surface area (Å²) in [6.07, 6.45) is 3.89. The maximum atomic E-state index is 5.32. The first-order chi connectivity index (χ1) is 4.86. The molecule has 0 amide bonds. The summed E-state index contributed by atoms with van der Waals surface area (Å²) in [6, 6.07) is 0. The zero-order chi connectivity index (χ0) is 7.40. The van der Waals surface area contributed by atoms with Gasteiger partial charge in [0, 0.05) is 6.42 Å². The molecule has 0 aliphatic carbocycles. The maximum absolute atomic E-state index is 5.32. The molecule has 10 heavy (non-hydrogen) atoms. The highest BCUT2D eigenvalue weighted by atomic mass is 79.9. The van der Waals surface area contributed by atoms with Crippen LogP contribution in [-0.4, -0.2) is 4.98 Å². The van der Waals surface area contributed by atoms with Crippen molar-refractivity contribution in [1.29, 1.82) is 0 Å². The highest BCUT2D eigenvalue weighted by Gasteiger charge is 1.99. The number of oxazole rings is 1. The lowest BCUT2D eigenvalue weighted by atomic mass is 10.3. The number of nitrogens with zero attached hydrogens (tertiary/aromatic N) is 1. The van der Waals surface area contributed by atoms with E-state index < -0.39 is 0 Å². The van der Waals surface area contributed by atoms with Crippen molar-refractivity contribution >= 4 is 15.9 Å². The van der Waals surface area contributed by atoms with Gasteiger partial charge >= 0.3 is 0 Å². The van der Waals surface area contributed by atoms with Gasteiger partial charge in [-0.3, -0.25) is 0 Å². The van der Waals surface area contributed by atoms with Gasteiger partial charge in [-0.2, -0.15) is 0 Å². The molecule has 0 bridgehead atoms. The van der Waals surface area contributed by atoms with Crippen molar-refractivity contribution in [3.05, 3.63) is 17.8 Å². The second-order valence-electron chi connectivity index (χ2n) is 2.10. The molecule has 0 radical (unpaired) electrons. The highest BCUT2D eigenvalue weighted by molar-refractivity contribution is 9.08. The van der Waals surface area contributed by atoms with Gasteiger partial charge in [-0.05, 0) is 6.42 Å². The Morgan fingerprint density at radius 1 is 1.70 bits per heavy atom. The minimum absolute atomic E-state index is 0.705. The van der Waals surface area contributed by atoms with Crippen LogP contribution in [0.15, 0.2) is 10.6 Å². The van der Waals surface area contributed by atoms with Gasteiger partial charge in [-0.25, -0.2) is 4.98 Å². The lowest BCUT2D eigenvalue weighted by Gasteiger charge is -1.87. The van der Waals surface area contributed by atoms with Crippen LogP contribution in [0.5, 0.6) is 0 Å². The van der Waals surface area contributed by atoms with E-state index >= 15 is 0 Å². The number of halogens is 1. The van der Waals surface area contributed by atoms with Crippen LogP contribution in [0.1, 0.15) is 25.0 Å². The summed E-state index contributed by atoms with van der Waals surface area (Å²) in [5, 5.41) is 0.705. The van der Waals surface area contributed by atoms with Crippen LogP contribution >= 0.6 is 15.9 Å². The molecule has 0 saturated carbocycles. The molecule has 0 aliphatic rings. The molecule has 56 valence electrons. The van der Waals surface area contributed by atoms with Crippen LogP contribution in [0.25, 0.3) is 0 Å². The van der Waals surface area contributed by atoms with Crippen LogP contribution in [0.3, 0.4) is 0 Å². The van der Waals surface area contributed by atoms with E-state index in [1.165, 1.54) is 0 Å². The van der Waals surface area contributed by atoms with Gasteiger partial charge in [0.25, 0.3) is 0 Å². The Morgan fingerprint density at radius 3 is 3.00 bits per heavy atom. The van der Waals surface area contributed by atoms with Crippen molar-refractivity contribution in [3.63, 3.8) is 0 Å². The topological polar surface area (TPSA) is 26.0 Å². The first-order valence-electron chi connectivity index (χ1n) is 3.36. The standard InChI is InChI=1S/C7H10BrNO/c1-2-3-6-5-9-7(4-8)10-6/h5H,2-4H2,1H3. The van der Waals surface area contributed by atoms with Crippen molar-refractivity contribution < 1.29 is 4.42 Å². The highest BCUT2D eigenvalue weighted by Crippen LogP contribution is 2.08. The van der Waals surface area contributed by atoms with Gasteiger partial charge in [-0.1, -0.05) is 22.9 Å². The third-order valence-corrected chi connectivity index (χ3v) is 1.69. The SMILES string of the molecule is CCCc1cnc(CBr)o1. The summed E-state index contributed by atoms with van der Waals surface area (Å²) in [5.74, 6) is 1.75. The molecule has 2 nitrogen and oxygen atoms in total. The van der Waals surface area contributed by atoms with Gasteiger partial charge in [0.05, 0.1) is 11.5 Å². The van der Waals surface area contributed by atoms with Crippen molar-refractivity contribution in [2.45, 2.75) is 25.1 Å². The monoisotopic (exact) mass is 203 g/mol. The maximum Gasteiger partial charge on any atom is 0.205 e. The second-order valence-corrected chi connectivity index (χ2v) is 2.66. The van der Waals surface area contributed by atoms with E-state index in [1.807, 2.05) is 0 Å². The molecular weight excluding hydrogens is 194 g/mol. The van der Waals surface area contributed by atoms with E-state index in [-0.39, 0.29) is 0 Å². The first-order valence-corrected chi connectivity index (χ1v) is 4.48. The normalized spacial score (nSPS) is 10.2. The number of aryl methyl sites for hydroxylation is 1. The van der Waals surface area contributed by atoms with Gasteiger partial charge in [0.15, 0.2) is 0 Å². The zero-order valence-corrected chi connectivity index (χ0v) is 7.52. The van der Waals surface area contributed by atoms with Gasteiger partial charge in [-0.15, -0.1) is 0 Å². The minimum Gasteiger partial charge on any atom is -0.445 e. The van der Waals surface area contributed by atoms with Gasteiger partial charge in [0.1, 0.15) is 5.76 Å². The Morgan fingerprint density at radius 2 is 2.50 bits per heavy atom. The molecule has 1 rings (SSSR count). The van der Waals surface area contributed by atoms with Crippen LogP contribution < -0.4 is 0 Å². The third-order valence-electron chi connectivity index (χ3n) is 1.21. The average Bonchev–Trinajstić information content (AvgIpc) is 2.37. The fourth-order valence-electron chi connectivity index (χ4n) is 0.772. The Balaban J connectivity index is 2.59. The second kappa shape index (κ2) is 3.76. The molecule has 0 fully saturated rings. The molecule has 0 atom stereocenters. The number of alkyl halides is 1. The van der Waals surface area contributed by atoms with Crippen LogP contribution in [0.4, 0.5) is 0 Å². The summed E-state index contributed by atoms with van der Waals surface area (Å²) in [6.45, 7) is 2.12. The fourth-order valence-corrected chi connectivity index (χ4v) is 1.03. The molecule has 0 N–H and O–H groups in total. The van der Waals surface area contributed by atoms with Crippen molar-refractivity contribution in [2.24, 2.45) is 0 Å². The number of hydrogen-bond acceptors (Lipinski definition) is 2. The molecule has 0 aliphatic heterocycles. The van der Waals surface area contributed by atoms with E-state index in [1.54, 1.807) is 6.20 Å². The predicted octanol–water partition coefficient (Wildman–Crippen LogP) is 2.52. The van der Waals surface area contributed by atoms with E-state index in [0.717, 1.165) is 24.5 Å². The average molecular weight is 204 g/mol. The van der Waals surface area contributed by atoms with Crippen LogP contribution in [-0.2, 0) is 11.8 Å². The first kappa shape index (κ1) is 7.79. The summed E-state index contributed by atoms with van der Waals surface area (Å²) >= 11 is 3.27. The van der Waals surface area contributed by atoms with Crippen molar-refractivity contribution in [1.82, 2.24) is 4.98 Å². The lowest BCUT2D eigenvalue weighted by Crippen LogP contribution is -1.75. The Bertz CT molecular complexity index is 197. The summed E-state index contributed by atoms with van der Waals surface area (Å²) in [4.78, 5) is 4.04. The Hall–Kier alpha value is -0.310. The molecule has 3 heteroatoms. The lowest BCUT2D eigenvalue weighted by molar-refractivity contribution is 0.470. The minimum atomic E-state index is 0.705. The van der Waals surface area contributed by atoms with Gasteiger partial charge in [0.2, 0.25) is 5.89 Å². The summed E-state index contributed by atoms with van der Waals surface area (Å²) < 4.78 is 5.32. The van der Waals surface area contributed by atoms with E-state index in [2.05, 4.69) is 27.8 Å². The number of rotatable bonds is 3. The molecule has 0 spiro atoms. The van der Waals surface area contributed by atoms with Crippen molar-refractivity contribution in [2.75, 3.05) is 0 Å². The Kier molecular flexibility index (Phi) is 2.93. The third kappa shape index (κ3) is 1.84. The molecule has 1 heterocycles. The van der Waals surface area contributed by atoms with Gasteiger partial charge < -0.3 is 4.42 Å². The smallest absolute Gasteiger partial charge is 0.205 e. The van der Waals surface area contributed by atoms with E-state index in [0.29, 0.717) is 5.33 Å². The van der Waals surface area contributed by atoms with Crippen LogP contribution in [0.2, 0.25) is 0 Å². The Labute approximate surface area is 68.8 Å². The van der Waals surface area contributed by atoms with E-state index in [9.17, 15) is 0 Å². The fraction of sp³-hybridized carbons (Fsp3) is 0.571. The molecular formula is C7H10BrNO. The largest absolute Gasteiger partial charge is 0.445 e. The predicted molar refractivity (Wildman–Crippen MR) is 43.1 cm³/mol. The quantitative estimate of drug-likeness (QED) is 0.707. The zero-order valence-electron chi connectivity index (χ0n) is 5.93. The van der Waals surface area contributed by atoms with Crippen molar-refractivity contribution in [3.8, 4) is 0 Å². The van der Waals surface area contributed by atoms with E-state index in [4.69, 9.17) is 4.42 Å². The molecule has 0 unspecified atom stereocenters. The van der Waals surface area contributed by atoms with Crippen LogP contribution in [0, 0.1) is 0 Å². The molecule has 1 aromatic heterocycles. The summed E-state index contributed by atoms with van der Waals surface area (Å²) in [5.41, 5.74) is 0. The number of aromatic nitrogens is 1.